The topological polar surface area (TPSA) is 64.3 Å². The minimum Gasteiger partial charge on any atom is -0.492 e. The van der Waals surface area contributed by atoms with Crippen molar-refractivity contribution >= 4 is 5.91 Å². The number of nitrogens with one attached hydrogen (secondary N) is 1. The highest BCUT2D eigenvalue weighted by Gasteiger charge is 2.08. The molecular formula is C13H20N2O2. The molecule has 3 N–H and O–H groups in total. The number of amides is 1. The lowest BCUT2D eigenvalue weighted by Gasteiger charge is -2.12. The zero-order chi connectivity index (χ0) is 12.7. The fourth-order valence-electron chi connectivity index (χ4n) is 1.31. The molecule has 0 aliphatic carbocycles. The summed E-state index contributed by atoms with van der Waals surface area (Å²) in [5, 5.41) is 2.91. The van der Waals surface area contributed by atoms with Gasteiger partial charge < -0.3 is 15.8 Å². The minimum atomic E-state index is -0.0717. The van der Waals surface area contributed by atoms with E-state index in [-0.39, 0.29) is 11.9 Å². The zero-order valence-corrected chi connectivity index (χ0v) is 10.4. The van der Waals surface area contributed by atoms with Gasteiger partial charge in [0.25, 0.3) is 5.91 Å². The molecule has 0 fully saturated rings. The first-order valence-electron chi connectivity index (χ1n) is 5.91. The van der Waals surface area contributed by atoms with E-state index in [0.717, 1.165) is 6.42 Å². The molecule has 1 unspecified atom stereocenters. The van der Waals surface area contributed by atoms with Gasteiger partial charge in [-0.2, -0.15) is 0 Å². The van der Waals surface area contributed by atoms with Crippen LogP contribution in [0.4, 0.5) is 0 Å². The summed E-state index contributed by atoms with van der Waals surface area (Å²) < 4.78 is 5.37. The summed E-state index contributed by atoms with van der Waals surface area (Å²) >= 11 is 0. The number of rotatable bonds is 6. The molecule has 17 heavy (non-hydrogen) atoms. The average Bonchev–Trinajstić information content (AvgIpc) is 2.36. The van der Waals surface area contributed by atoms with E-state index in [1.54, 1.807) is 18.2 Å². The number of hydrogen-bond acceptors (Lipinski definition) is 3. The van der Waals surface area contributed by atoms with E-state index in [9.17, 15) is 4.79 Å². The van der Waals surface area contributed by atoms with Gasteiger partial charge in [0.2, 0.25) is 0 Å². The van der Waals surface area contributed by atoms with E-state index in [2.05, 4.69) is 5.32 Å². The maximum atomic E-state index is 11.8. The van der Waals surface area contributed by atoms with Gasteiger partial charge in [-0.1, -0.05) is 13.0 Å². The van der Waals surface area contributed by atoms with Crippen LogP contribution >= 0.6 is 0 Å². The number of hydrogen-bond donors (Lipinski definition) is 2. The Labute approximate surface area is 102 Å². The number of carbonyl (C=O) groups excluding carboxylic acids is 1. The molecule has 0 aliphatic rings. The fraction of sp³-hybridized carbons (Fsp3) is 0.462. The van der Waals surface area contributed by atoms with Gasteiger partial charge in [0.15, 0.2) is 0 Å². The van der Waals surface area contributed by atoms with Crippen molar-refractivity contribution in [2.75, 3.05) is 13.2 Å². The number of ether oxygens (including phenoxy) is 1. The van der Waals surface area contributed by atoms with Crippen molar-refractivity contribution in [3.63, 3.8) is 0 Å². The van der Waals surface area contributed by atoms with Crippen LogP contribution in [0.2, 0.25) is 0 Å². The highest BCUT2D eigenvalue weighted by Crippen LogP contribution is 2.13. The predicted octanol–water partition coefficient (Wildman–Crippen LogP) is 1.55. The molecule has 0 aromatic heterocycles. The normalized spacial score (nSPS) is 11.9. The summed E-state index contributed by atoms with van der Waals surface area (Å²) in [5.74, 6) is 0.602. The fourth-order valence-corrected chi connectivity index (χ4v) is 1.31. The van der Waals surface area contributed by atoms with Crippen LogP contribution in [0.1, 0.15) is 30.6 Å². The summed E-state index contributed by atoms with van der Waals surface area (Å²) in [4.78, 5) is 11.8. The smallest absolute Gasteiger partial charge is 0.251 e. The third kappa shape index (κ3) is 4.44. The lowest BCUT2D eigenvalue weighted by atomic mass is 10.2. The van der Waals surface area contributed by atoms with Crippen molar-refractivity contribution in [2.45, 2.75) is 26.3 Å². The second kappa shape index (κ2) is 6.91. The molecule has 4 heteroatoms. The molecule has 0 saturated heterocycles. The van der Waals surface area contributed by atoms with Crippen molar-refractivity contribution in [3.8, 4) is 5.75 Å². The van der Waals surface area contributed by atoms with Crippen LogP contribution in [0.15, 0.2) is 24.3 Å². The van der Waals surface area contributed by atoms with E-state index < -0.39 is 0 Å². The van der Waals surface area contributed by atoms with Crippen molar-refractivity contribution in [1.29, 1.82) is 0 Å². The second-order valence-electron chi connectivity index (χ2n) is 3.95. The predicted molar refractivity (Wildman–Crippen MR) is 68.2 cm³/mol. The molecule has 0 aliphatic heterocycles. The Hall–Kier alpha value is -1.55. The van der Waals surface area contributed by atoms with E-state index in [1.807, 2.05) is 19.9 Å². The molecule has 0 radical (unpaired) electrons. The SMILES string of the molecule is CCC(C)NC(=O)c1cccc(OCCN)c1. The third-order valence-electron chi connectivity index (χ3n) is 2.47. The lowest BCUT2D eigenvalue weighted by Crippen LogP contribution is -2.31. The molecular weight excluding hydrogens is 216 g/mol. The molecule has 1 aromatic rings. The first kappa shape index (κ1) is 13.5. The maximum Gasteiger partial charge on any atom is 0.251 e. The van der Waals surface area contributed by atoms with Crippen LogP contribution in [-0.2, 0) is 0 Å². The van der Waals surface area contributed by atoms with Gasteiger partial charge in [-0.25, -0.2) is 0 Å². The zero-order valence-electron chi connectivity index (χ0n) is 10.4. The minimum absolute atomic E-state index is 0.0717. The van der Waals surface area contributed by atoms with Crippen LogP contribution < -0.4 is 15.8 Å². The molecule has 0 spiro atoms. The highest BCUT2D eigenvalue weighted by molar-refractivity contribution is 5.94. The quantitative estimate of drug-likeness (QED) is 0.787. The van der Waals surface area contributed by atoms with Crippen LogP contribution in [0.3, 0.4) is 0 Å². The summed E-state index contributed by atoms with van der Waals surface area (Å²) in [5.41, 5.74) is 5.96. The van der Waals surface area contributed by atoms with E-state index >= 15 is 0 Å². The Bertz CT molecular complexity index is 366. The number of benzene rings is 1. The van der Waals surface area contributed by atoms with Crippen molar-refractivity contribution < 1.29 is 9.53 Å². The Balaban J connectivity index is 2.66. The first-order valence-corrected chi connectivity index (χ1v) is 5.91. The van der Waals surface area contributed by atoms with Crippen molar-refractivity contribution in [2.24, 2.45) is 5.73 Å². The van der Waals surface area contributed by atoms with E-state index in [1.165, 1.54) is 0 Å². The van der Waals surface area contributed by atoms with Gasteiger partial charge in [-0.05, 0) is 31.5 Å². The van der Waals surface area contributed by atoms with Gasteiger partial charge in [0.1, 0.15) is 12.4 Å². The van der Waals surface area contributed by atoms with Gasteiger partial charge in [0.05, 0.1) is 0 Å². The number of carbonyl (C=O) groups is 1. The summed E-state index contributed by atoms with van der Waals surface area (Å²) in [6, 6.07) is 7.30. The Kier molecular flexibility index (Phi) is 5.49. The van der Waals surface area contributed by atoms with Crippen molar-refractivity contribution in [3.05, 3.63) is 29.8 Å². The molecule has 0 saturated carbocycles. The van der Waals surface area contributed by atoms with Gasteiger partial charge in [-0.15, -0.1) is 0 Å². The van der Waals surface area contributed by atoms with Gasteiger partial charge in [-0.3, -0.25) is 4.79 Å². The largest absolute Gasteiger partial charge is 0.492 e. The Morgan fingerprint density at radius 2 is 2.29 bits per heavy atom. The maximum absolute atomic E-state index is 11.8. The average molecular weight is 236 g/mol. The Morgan fingerprint density at radius 1 is 1.53 bits per heavy atom. The van der Waals surface area contributed by atoms with Gasteiger partial charge >= 0.3 is 0 Å². The molecule has 1 atom stereocenters. The van der Waals surface area contributed by atoms with Crippen LogP contribution in [-0.4, -0.2) is 25.1 Å². The molecule has 1 aromatic carbocycles. The molecule has 1 rings (SSSR count). The van der Waals surface area contributed by atoms with Crippen LogP contribution in [0.25, 0.3) is 0 Å². The standard InChI is InChI=1S/C13H20N2O2/c1-3-10(2)15-13(16)11-5-4-6-12(9-11)17-8-7-14/h4-6,9-10H,3,7-8,14H2,1-2H3,(H,15,16). The second-order valence-corrected chi connectivity index (χ2v) is 3.95. The van der Waals surface area contributed by atoms with Gasteiger partial charge in [0, 0.05) is 18.2 Å². The number of nitrogens with two attached hydrogens (primary N) is 1. The van der Waals surface area contributed by atoms with Crippen molar-refractivity contribution in [1.82, 2.24) is 5.32 Å². The first-order chi connectivity index (χ1) is 8.17. The molecule has 94 valence electrons. The van der Waals surface area contributed by atoms with Crippen LogP contribution in [0, 0.1) is 0 Å². The summed E-state index contributed by atoms with van der Waals surface area (Å²) in [6.45, 7) is 4.93. The molecule has 0 heterocycles. The summed E-state index contributed by atoms with van der Waals surface area (Å²) in [6.07, 6.45) is 0.912. The van der Waals surface area contributed by atoms with E-state index in [4.69, 9.17) is 10.5 Å². The third-order valence-corrected chi connectivity index (χ3v) is 2.47. The monoisotopic (exact) mass is 236 g/mol. The van der Waals surface area contributed by atoms with E-state index in [0.29, 0.717) is 24.5 Å². The molecule has 4 nitrogen and oxygen atoms in total. The lowest BCUT2D eigenvalue weighted by molar-refractivity contribution is 0.0939. The molecule has 0 bridgehead atoms. The molecule has 1 amide bonds. The summed E-state index contributed by atoms with van der Waals surface area (Å²) in [7, 11) is 0. The highest BCUT2D eigenvalue weighted by atomic mass is 16.5. The Morgan fingerprint density at radius 3 is 2.94 bits per heavy atom. The van der Waals surface area contributed by atoms with Crippen LogP contribution in [0.5, 0.6) is 5.75 Å².